The molecule has 1 aromatic carbocycles. The Kier molecular flexibility index (Phi) is 6.20. The number of nitrogens with one attached hydrogen (secondary N) is 2. The molecule has 1 aliphatic carbocycles. The summed E-state index contributed by atoms with van der Waals surface area (Å²) in [5, 5.41) is 8.48. The minimum absolute atomic E-state index is 0.180. The molecule has 0 spiro atoms. The van der Waals surface area contributed by atoms with Gasteiger partial charge in [-0.05, 0) is 61.2 Å². The molecule has 7 heteroatoms. The van der Waals surface area contributed by atoms with E-state index >= 15 is 0 Å². The molecular weight excluding hydrogens is 416 g/mol. The molecule has 0 aliphatic heterocycles. The summed E-state index contributed by atoms with van der Waals surface area (Å²) in [6.07, 6.45) is 2.82. The van der Waals surface area contributed by atoms with E-state index < -0.39 is 0 Å². The Balaban J connectivity index is 1.67. The van der Waals surface area contributed by atoms with Gasteiger partial charge in [-0.25, -0.2) is 0 Å². The Morgan fingerprint density at radius 1 is 1.13 bits per heavy atom. The maximum Gasteiger partial charge on any atom is 0.266 e. The van der Waals surface area contributed by atoms with E-state index in [1.807, 2.05) is 42.6 Å². The number of para-hydroxylation sites is 2. The molecule has 0 radical (unpaired) electrons. The Morgan fingerprint density at radius 2 is 1.97 bits per heavy atom. The lowest BCUT2D eigenvalue weighted by atomic mass is 9.88. The van der Waals surface area contributed by atoms with Crippen LogP contribution < -0.4 is 15.4 Å². The molecule has 2 amide bonds. The van der Waals surface area contributed by atoms with Crippen LogP contribution in [0.5, 0.6) is 5.75 Å². The first kappa shape index (κ1) is 20.6. The van der Waals surface area contributed by atoms with E-state index in [2.05, 4.69) is 17.6 Å². The lowest BCUT2D eigenvalue weighted by Gasteiger charge is -2.19. The predicted octanol–water partition coefficient (Wildman–Crippen LogP) is 5.84. The molecule has 0 saturated heterocycles. The van der Waals surface area contributed by atoms with Crippen LogP contribution >= 0.6 is 22.7 Å². The fourth-order valence-corrected chi connectivity index (χ4v) is 5.71. The second-order valence-electron chi connectivity index (χ2n) is 7.37. The number of thiophene rings is 2. The van der Waals surface area contributed by atoms with Crippen LogP contribution in [0.4, 0.5) is 10.7 Å². The minimum atomic E-state index is -0.212. The molecule has 4 rings (SSSR count). The number of hydrogen-bond acceptors (Lipinski definition) is 5. The second kappa shape index (κ2) is 9.02. The highest BCUT2D eigenvalue weighted by Gasteiger charge is 2.29. The van der Waals surface area contributed by atoms with Gasteiger partial charge in [0.1, 0.15) is 10.8 Å². The van der Waals surface area contributed by atoms with Crippen molar-refractivity contribution in [2.45, 2.75) is 33.1 Å². The molecule has 1 aliphatic rings. The number of amides is 2. The van der Waals surface area contributed by atoms with Gasteiger partial charge >= 0.3 is 0 Å². The number of carbonyl (C=O) groups excluding carboxylic acids is 2. The molecule has 30 heavy (non-hydrogen) atoms. The largest absolute Gasteiger partial charge is 0.492 e. The van der Waals surface area contributed by atoms with E-state index in [1.54, 1.807) is 6.07 Å². The van der Waals surface area contributed by atoms with Crippen LogP contribution in [0, 0.1) is 5.92 Å². The van der Waals surface area contributed by atoms with Crippen molar-refractivity contribution in [1.82, 2.24) is 0 Å². The van der Waals surface area contributed by atoms with Gasteiger partial charge in [-0.1, -0.05) is 25.1 Å². The van der Waals surface area contributed by atoms with Gasteiger partial charge < -0.3 is 15.4 Å². The van der Waals surface area contributed by atoms with Crippen LogP contribution in [0.1, 0.15) is 50.7 Å². The zero-order valence-corrected chi connectivity index (χ0v) is 18.6. The summed E-state index contributed by atoms with van der Waals surface area (Å²) in [5.74, 6) is 0.818. The minimum Gasteiger partial charge on any atom is -0.492 e. The fraction of sp³-hybridized carbons (Fsp3) is 0.304. The molecule has 2 heterocycles. The first-order valence-corrected chi connectivity index (χ1v) is 11.8. The van der Waals surface area contributed by atoms with Gasteiger partial charge in [0.15, 0.2) is 0 Å². The van der Waals surface area contributed by atoms with Crippen molar-refractivity contribution < 1.29 is 14.3 Å². The third-order valence-electron chi connectivity index (χ3n) is 5.15. The van der Waals surface area contributed by atoms with E-state index in [0.717, 1.165) is 24.8 Å². The van der Waals surface area contributed by atoms with E-state index in [4.69, 9.17) is 4.74 Å². The SMILES string of the molecule is CCOc1ccccc1NC(=O)c1c(NC(=O)c2cccs2)sc2c1CCC(C)C2. The van der Waals surface area contributed by atoms with E-state index in [-0.39, 0.29) is 11.8 Å². The number of ether oxygens (including phenoxy) is 1. The highest BCUT2D eigenvalue weighted by molar-refractivity contribution is 7.17. The summed E-state index contributed by atoms with van der Waals surface area (Å²) in [5.41, 5.74) is 2.27. The van der Waals surface area contributed by atoms with Crippen LogP contribution in [-0.4, -0.2) is 18.4 Å². The van der Waals surface area contributed by atoms with Crippen molar-refractivity contribution in [2.24, 2.45) is 5.92 Å². The molecule has 156 valence electrons. The van der Waals surface area contributed by atoms with Crippen molar-refractivity contribution in [2.75, 3.05) is 17.2 Å². The monoisotopic (exact) mass is 440 g/mol. The summed E-state index contributed by atoms with van der Waals surface area (Å²) in [7, 11) is 0. The molecule has 0 fully saturated rings. The topological polar surface area (TPSA) is 67.4 Å². The van der Waals surface area contributed by atoms with Gasteiger partial charge in [0.25, 0.3) is 11.8 Å². The quantitative estimate of drug-likeness (QED) is 0.506. The lowest BCUT2D eigenvalue weighted by Crippen LogP contribution is -2.19. The van der Waals surface area contributed by atoms with E-state index in [1.165, 1.54) is 27.6 Å². The molecule has 2 N–H and O–H groups in total. The van der Waals surface area contributed by atoms with Gasteiger partial charge in [-0.2, -0.15) is 0 Å². The molecule has 0 bridgehead atoms. The van der Waals surface area contributed by atoms with Crippen LogP contribution in [0.3, 0.4) is 0 Å². The summed E-state index contributed by atoms with van der Waals surface area (Å²) < 4.78 is 5.65. The third kappa shape index (κ3) is 4.27. The van der Waals surface area contributed by atoms with Crippen molar-refractivity contribution in [3.63, 3.8) is 0 Å². The maximum absolute atomic E-state index is 13.4. The number of hydrogen-bond donors (Lipinski definition) is 2. The number of rotatable bonds is 6. The summed E-state index contributed by atoms with van der Waals surface area (Å²) in [6, 6.07) is 11.0. The van der Waals surface area contributed by atoms with E-state index in [9.17, 15) is 9.59 Å². The zero-order chi connectivity index (χ0) is 21.1. The van der Waals surface area contributed by atoms with Gasteiger partial charge in [-0.15, -0.1) is 22.7 Å². The Morgan fingerprint density at radius 3 is 2.73 bits per heavy atom. The Hall–Kier alpha value is -2.64. The summed E-state index contributed by atoms with van der Waals surface area (Å²) >= 11 is 2.91. The molecule has 1 atom stereocenters. The molecular formula is C23H24N2O3S2. The standard InChI is InChI=1S/C23H24N2O3S2/c1-3-28-17-8-5-4-7-16(17)24-22(27)20-15-11-10-14(2)13-19(15)30-23(20)25-21(26)18-9-6-12-29-18/h4-9,12,14H,3,10-11,13H2,1-2H3,(H,24,27)(H,25,26). The highest BCUT2D eigenvalue weighted by atomic mass is 32.1. The smallest absolute Gasteiger partial charge is 0.266 e. The highest BCUT2D eigenvalue weighted by Crippen LogP contribution is 2.40. The van der Waals surface area contributed by atoms with Crippen molar-refractivity contribution in [3.05, 3.63) is 62.7 Å². The molecule has 2 aromatic heterocycles. The number of anilines is 2. The first-order valence-electron chi connectivity index (χ1n) is 10.1. The van der Waals surface area contributed by atoms with Gasteiger partial charge in [0.05, 0.1) is 22.7 Å². The predicted molar refractivity (Wildman–Crippen MR) is 123 cm³/mol. The maximum atomic E-state index is 13.4. The van der Waals surface area contributed by atoms with Gasteiger partial charge in [0.2, 0.25) is 0 Å². The van der Waals surface area contributed by atoms with Crippen LogP contribution in [-0.2, 0) is 12.8 Å². The Labute approximate surface area is 184 Å². The Bertz CT molecular complexity index is 1060. The van der Waals surface area contributed by atoms with Gasteiger partial charge in [-0.3, -0.25) is 9.59 Å². The zero-order valence-electron chi connectivity index (χ0n) is 17.0. The van der Waals surface area contributed by atoms with Gasteiger partial charge in [0, 0.05) is 4.88 Å². The van der Waals surface area contributed by atoms with Crippen molar-refractivity contribution >= 4 is 45.2 Å². The summed E-state index contributed by atoms with van der Waals surface area (Å²) in [4.78, 5) is 27.9. The normalized spacial score (nSPS) is 15.3. The molecule has 3 aromatic rings. The van der Waals surface area contributed by atoms with Crippen molar-refractivity contribution in [1.29, 1.82) is 0 Å². The first-order chi connectivity index (χ1) is 14.6. The molecule has 5 nitrogen and oxygen atoms in total. The number of benzene rings is 1. The number of fused-ring (bicyclic) bond motifs is 1. The van der Waals surface area contributed by atoms with Crippen LogP contribution in [0.15, 0.2) is 41.8 Å². The molecule has 1 unspecified atom stereocenters. The third-order valence-corrected chi connectivity index (χ3v) is 7.18. The average molecular weight is 441 g/mol. The van der Waals surface area contributed by atoms with Crippen LogP contribution in [0.25, 0.3) is 0 Å². The second-order valence-corrected chi connectivity index (χ2v) is 9.42. The summed E-state index contributed by atoms with van der Waals surface area (Å²) in [6.45, 7) is 4.65. The fourth-order valence-electron chi connectivity index (χ4n) is 3.69. The van der Waals surface area contributed by atoms with E-state index in [0.29, 0.717) is 39.4 Å². The number of carbonyl (C=O) groups is 2. The average Bonchev–Trinajstić information content (AvgIpc) is 3.37. The lowest BCUT2D eigenvalue weighted by molar-refractivity contribution is 0.102. The van der Waals surface area contributed by atoms with Crippen LogP contribution in [0.2, 0.25) is 0 Å². The van der Waals surface area contributed by atoms with Crippen molar-refractivity contribution in [3.8, 4) is 5.75 Å². The molecule has 0 saturated carbocycles.